The molecule has 0 saturated carbocycles. The number of amides is 3. The summed E-state index contributed by atoms with van der Waals surface area (Å²) in [5.74, 6) is 0.404. The number of hydrogen-bond acceptors (Lipinski definition) is 4. The lowest BCUT2D eigenvalue weighted by Crippen LogP contribution is -2.36. The number of carbonyl (C=O) groups is 2. The van der Waals surface area contributed by atoms with Crippen LogP contribution in [0, 0.1) is 6.92 Å². The summed E-state index contributed by atoms with van der Waals surface area (Å²) < 4.78 is 5.10. The molecule has 0 spiro atoms. The minimum atomic E-state index is -0.317. The van der Waals surface area contributed by atoms with E-state index in [1.165, 1.54) is 0 Å². The standard InChI is InChI=1S/C20H26N4O3/c1-14-12-16(8-9-18(14)24(2)3)23-20(26)22-11-10-21-19(25)15-6-5-7-17(13-15)27-4/h5-9,12-13H,10-11H2,1-4H3,(H,21,25)(H2,22,23,26). The third-order valence-corrected chi connectivity index (χ3v) is 3.96. The van der Waals surface area contributed by atoms with Gasteiger partial charge in [-0.1, -0.05) is 6.07 Å². The van der Waals surface area contributed by atoms with Gasteiger partial charge in [-0.3, -0.25) is 4.79 Å². The monoisotopic (exact) mass is 370 g/mol. The number of carbonyl (C=O) groups excluding carboxylic acids is 2. The Balaban J connectivity index is 1.76. The third kappa shape index (κ3) is 5.91. The molecule has 0 saturated heterocycles. The molecule has 2 aromatic carbocycles. The molecule has 0 bridgehead atoms. The molecular weight excluding hydrogens is 344 g/mol. The van der Waals surface area contributed by atoms with Crippen molar-refractivity contribution in [1.82, 2.24) is 10.6 Å². The van der Waals surface area contributed by atoms with Gasteiger partial charge in [0.15, 0.2) is 0 Å². The van der Waals surface area contributed by atoms with Gasteiger partial charge in [-0.2, -0.15) is 0 Å². The average molecular weight is 370 g/mol. The van der Waals surface area contributed by atoms with Crippen molar-refractivity contribution >= 4 is 23.3 Å². The Hall–Kier alpha value is -3.22. The van der Waals surface area contributed by atoms with E-state index in [1.54, 1.807) is 31.4 Å². The molecule has 0 fully saturated rings. The smallest absolute Gasteiger partial charge is 0.319 e. The maximum absolute atomic E-state index is 12.1. The van der Waals surface area contributed by atoms with E-state index in [1.807, 2.05) is 44.1 Å². The Morgan fingerprint density at radius 1 is 1.04 bits per heavy atom. The Kier molecular flexibility index (Phi) is 7.05. The molecule has 7 nitrogen and oxygen atoms in total. The van der Waals surface area contributed by atoms with Gasteiger partial charge in [-0.25, -0.2) is 4.79 Å². The second-order valence-electron chi connectivity index (χ2n) is 6.26. The third-order valence-electron chi connectivity index (χ3n) is 3.96. The lowest BCUT2D eigenvalue weighted by atomic mass is 10.1. The molecule has 0 aliphatic heterocycles. The van der Waals surface area contributed by atoms with Crippen molar-refractivity contribution in [1.29, 1.82) is 0 Å². The van der Waals surface area contributed by atoms with E-state index in [-0.39, 0.29) is 11.9 Å². The van der Waals surface area contributed by atoms with Gasteiger partial charge in [0.1, 0.15) is 5.75 Å². The van der Waals surface area contributed by atoms with E-state index in [9.17, 15) is 9.59 Å². The van der Waals surface area contributed by atoms with E-state index in [0.717, 1.165) is 16.9 Å². The van der Waals surface area contributed by atoms with Crippen molar-refractivity contribution in [3.63, 3.8) is 0 Å². The van der Waals surface area contributed by atoms with E-state index in [2.05, 4.69) is 16.0 Å². The van der Waals surface area contributed by atoms with Crippen molar-refractivity contribution in [2.75, 3.05) is 44.5 Å². The van der Waals surface area contributed by atoms with Crippen LogP contribution in [0.25, 0.3) is 0 Å². The van der Waals surface area contributed by atoms with Crippen molar-refractivity contribution < 1.29 is 14.3 Å². The molecule has 144 valence electrons. The fourth-order valence-corrected chi connectivity index (χ4v) is 2.63. The molecule has 2 rings (SSSR count). The Morgan fingerprint density at radius 3 is 2.44 bits per heavy atom. The van der Waals surface area contributed by atoms with Crippen molar-refractivity contribution in [3.8, 4) is 5.75 Å². The van der Waals surface area contributed by atoms with Crippen molar-refractivity contribution in [2.24, 2.45) is 0 Å². The van der Waals surface area contributed by atoms with Gasteiger partial charge in [0.2, 0.25) is 0 Å². The summed E-state index contributed by atoms with van der Waals surface area (Å²) in [6, 6.07) is 12.3. The predicted molar refractivity (Wildman–Crippen MR) is 108 cm³/mol. The first-order valence-electron chi connectivity index (χ1n) is 8.66. The number of urea groups is 1. The summed E-state index contributed by atoms with van der Waals surface area (Å²) in [5, 5.41) is 8.26. The van der Waals surface area contributed by atoms with E-state index >= 15 is 0 Å². The highest BCUT2D eigenvalue weighted by Gasteiger charge is 2.07. The van der Waals surface area contributed by atoms with E-state index < -0.39 is 0 Å². The molecule has 0 radical (unpaired) electrons. The molecular formula is C20H26N4O3. The number of methoxy groups -OCH3 is 1. The zero-order valence-electron chi connectivity index (χ0n) is 16.1. The zero-order valence-corrected chi connectivity index (χ0v) is 16.1. The maximum Gasteiger partial charge on any atom is 0.319 e. The number of benzene rings is 2. The first-order valence-corrected chi connectivity index (χ1v) is 8.66. The molecule has 27 heavy (non-hydrogen) atoms. The van der Waals surface area contributed by atoms with Crippen LogP contribution < -0.4 is 25.6 Å². The zero-order chi connectivity index (χ0) is 19.8. The van der Waals surface area contributed by atoms with Crippen LogP contribution >= 0.6 is 0 Å². The second-order valence-corrected chi connectivity index (χ2v) is 6.26. The molecule has 7 heteroatoms. The SMILES string of the molecule is COc1cccc(C(=O)NCCNC(=O)Nc2ccc(N(C)C)c(C)c2)c1. The first-order chi connectivity index (χ1) is 12.9. The number of anilines is 2. The lowest BCUT2D eigenvalue weighted by molar-refractivity contribution is 0.0953. The van der Waals surface area contributed by atoms with Gasteiger partial charge in [0, 0.05) is 44.1 Å². The molecule has 0 atom stereocenters. The molecule has 0 unspecified atom stereocenters. The number of rotatable bonds is 7. The summed E-state index contributed by atoms with van der Waals surface area (Å²) in [4.78, 5) is 26.1. The van der Waals surface area contributed by atoms with E-state index in [0.29, 0.717) is 24.4 Å². The quantitative estimate of drug-likeness (QED) is 0.655. The van der Waals surface area contributed by atoms with Gasteiger partial charge >= 0.3 is 6.03 Å². The number of nitrogens with zero attached hydrogens (tertiary/aromatic N) is 1. The maximum atomic E-state index is 12.1. The summed E-state index contributed by atoms with van der Waals surface area (Å²) in [5.41, 5.74) is 3.40. The van der Waals surface area contributed by atoms with Crippen LogP contribution in [-0.2, 0) is 0 Å². The van der Waals surface area contributed by atoms with Gasteiger partial charge in [0.25, 0.3) is 5.91 Å². The summed E-state index contributed by atoms with van der Waals surface area (Å²) in [6.45, 7) is 2.63. The van der Waals surface area contributed by atoms with E-state index in [4.69, 9.17) is 4.74 Å². The highest BCUT2D eigenvalue weighted by molar-refractivity contribution is 5.94. The Bertz CT molecular complexity index is 806. The normalized spacial score (nSPS) is 10.1. The number of aryl methyl sites for hydroxylation is 1. The fourth-order valence-electron chi connectivity index (χ4n) is 2.63. The molecule has 0 aliphatic carbocycles. The minimum Gasteiger partial charge on any atom is -0.497 e. The number of ether oxygens (including phenoxy) is 1. The van der Waals surface area contributed by atoms with Gasteiger partial charge in [-0.05, 0) is 48.9 Å². The Morgan fingerprint density at radius 2 is 1.78 bits per heavy atom. The summed E-state index contributed by atoms with van der Waals surface area (Å²) in [6.07, 6.45) is 0. The van der Waals surface area contributed by atoms with Crippen LogP contribution in [0.15, 0.2) is 42.5 Å². The molecule has 3 N–H and O–H groups in total. The summed E-state index contributed by atoms with van der Waals surface area (Å²) >= 11 is 0. The van der Waals surface area contributed by atoms with Gasteiger partial charge in [0.05, 0.1) is 7.11 Å². The highest BCUT2D eigenvalue weighted by atomic mass is 16.5. The summed E-state index contributed by atoms with van der Waals surface area (Å²) in [7, 11) is 5.50. The van der Waals surface area contributed by atoms with Crippen LogP contribution in [0.2, 0.25) is 0 Å². The van der Waals surface area contributed by atoms with Gasteiger partial charge in [-0.15, -0.1) is 0 Å². The minimum absolute atomic E-state index is 0.217. The molecule has 3 amide bonds. The molecule has 0 heterocycles. The topological polar surface area (TPSA) is 82.7 Å². The number of nitrogens with one attached hydrogen (secondary N) is 3. The van der Waals surface area contributed by atoms with Crippen molar-refractivity contribution in [3.05, 3.63) is 53.6 Å². The van der Waals surface area contributed by atoms with Crippen LogP contribution in [0.1, 0.15) is 15.9 Å². The lowest BCUT2D eigenvalue weighted by Gasteiger charge is -2.16. The second kappa shape index (κ2) is 9.47. The van der Waals surface area contributed by atoms with Crippen LogP contribution in [-0.4, -0.2) is 46.2 Å². The Labute approximate surface area is 159 Å². The largest absolute Gasteiger partial charge is 0.497 e. The van der Waals surface area contributed by atoms with Crippen LogP contribution in [0.3, 0.4) is 0 Å². The van der Waals surface area contributed by atoms with Crippen LogP contribution in [0.4, 0.5) is 16.2 Å². The predicted octanol–water partition coefficient (Wildman–Crippen LogP) is 2.62. The van der Waals surface area contributed by atoms with Crippen LogP contribution in [0.5, 0.6) is 5.75 Å². The fraction of sp³-hybridized carbons (Fsp3) is 0.300. The van der Waals surface area contributed by atoms with Crippen molar-refractivity contribution in [2.45, 2.75) is 6.92 Å². The highest BCUT2D eigenvalue weighted by Crippen LogP contribution is 2.21. The first kappa shape index (κ1) is 20.1. The molecule has 2 aromatic rings. The number of hydrogen-bond donors (Lipinski definition) is 3. The molecule has 0 aliphatic rings. The van der Waals surface area contributed by atoms with Gasteiger partial charge < -0.3 is 25.6 Å². The average Bonchev–Trinajstić information content (AvgIpc) is 2.64. The molecule has 0 aromatic heterocycles.